The zero-order valence-electron chi connectivity index (χ0n) is 33.0. The quantitative estimate of drug-likeness (QED) is 0.0853. The van der Waals surface area contributed by atoms with E-state index in [0.717, 1.165) is 26.2 Å². The highest BCUT2D eigenvalue weighted by Gasteiger charge is 2.24. The van der Waals surface area contributed by atoms with Gasteiger partial charge in [0.1, 0.15) is 0 Å². The fraction of sp³-hybridized carbons (Fsp3) is 0.417. The molecule has 0 saturated carbocycles. The first-order valence-electron chi connectivity index (χ1n) is 20.2. The molecule has 0 fully saturated rings. The van der Waals surface area contributed by atoms with Gasteiger partial charge in [0.25, 0.3) is 0 Å². The number of hydrogen-bond donors (Lipinski definition) is 0. The van der Waals surface area contributed by atoms with Gasteiger partial charge in [-0.2, -0.15) is 0 Å². The zero-order valence-corrected chi connectivity index (χ0v) is 33.0. The Hall–Kier alpha value is -4.44. The summed E-state index contributed by atoms with van der Waals surface area (Å²) in [7, 11) is 0. The maximum atomic E-state index is 2.58. The summed E-state index contributed by atoms with van der Waals surface area (Å²) in [5.41, 5.74) is 10.0. The summed E-state index contributed by atoms with van der Waals surface area (Å²) in [4.78, 5) is 10.1. The molecule has 4 nitrogen and oxygen atoms in total. The lowest BCUT2D eigenvalue weighted by atomic mass is 10.0. The molecule has 5 rings (SSSR count). The lowest BCUT2D eigenvalue weighted by Crippen LogP contribution is -2.34. The number of unbranched alkanes of at least 4 members (excludes halogenated alkanes) is 4. The number of anilines is 6. The van der Waals surface area contributed by atoms with Crippen LogP contribution in [0.5, 0.6) is 0 Å². The normalized spacial score (nSPS) is 15.1. The van der Waals surface area contributed by atoms with Crippen LogP contribution in [0.2, 0.25) is 0 Å². The van der Waals surface area contributed by atoms with Crippen LogP contribution in [0.1, 0.15) is 90.2 Å². The molecule has 4 aromatic carbocycles. The van der Waals surface area contributed by atoms with Gasteiger partial charge < -0.3 is 19.6 Å². The molecule has 0 radical (unpaired) electrons. The molecular formula is C48H64N4. The van der Waals surface area contributed by atoms with Crippen LogP contribution in [0.3, 0.4) is 0 Å². The summed E-state index contributed by atoms with van der Waals surface area (Å²) >= 11 is 0. The van der Waals surface area contributed by atoms with Crippen molar-refractivity contribution < 1.29 is 0 Å². The second kappa shape index (κ2) is 20.0. The summed E-state index contributed by atoms with van der Waals surface area (Å²) in [5, 5.41) is 0. The molecule has 0 atom stereocenters. The Bertz CT molecular complexity index is 1510. The minimum Gasteiger partial charge on any atom is -0.372 e. The highest BCUT2D eigenvalue weighted by Crippen LogP contribution is 2.36. The standard InChI is InChI=1S/C48H64N4/c1-7-11-35-49(36-12-8-2)41-23-27-45(28-24-41)52(46-29-25-42(26-30-46)50(37-13-9-3)38-14-10-4)48-33-31-47(32-34-48)51(43-19-15-39(5)16-20-43)44-21-17-40(6)18-22-44/h15-34,47-48H,7-14,35-38H2,1-6H3. The van der Waals surface area contributed by atoms with Crippen LogP contribution in [0, 0.1) is 13.8 Å². The van der Waals surface area contributed by atoms with Crippen LogP contribution in [-0.2, 0) is 0 Å². The SMILES string of the molecule is CCCCN(CCCC)c1ccc(N(c2ccc(N(CCCC)CCCC)cc2)C2C=CC(N(c3ccc(C)cc3)c3ccc(C)cc3)C=C2)cc1. The molecule has 276 valence electrons. The van der Waals surface area contributed by atoms with Gasteiger partial charge in [0, 0.05) is 60.3 Å². The Labute approximate surface area is 316 Å². The smallest absolute Gasteiger partial charge is 0.0708 e. The third-order valence-electron chi connectivity index (χ3n) is 10.3. The lowest BCUT2D eigenvalue weighted by Gasteiger charge is -2.36. The molecular weight excluding hydrogens is 633 g/mol. The van der Waals surface area contributed by atoms with E-state index in [-0.39, 0.29) is 12.1 Å². The van der Waals surface area contributed by atoms with Gasteiger partial charge in [0.15, 0.2) is 0 Å². The van der Waals surface area contributed by atoms with Crippen LogP contribution in [0.15, 0.2) is 121 Å². The first-order valence-corrected chi connectivity index (χ1v) is 20.2. The summed E-state index contributed by atoms with van der Waals surface area (Å²) in [6.07, 6.45) is 19.3. The molecule has 4 aromatic rings. The molecule has 0 aromatic heterocycles. The highest BCUT2D eigenvalue weighted by atomic mass is 15.2. The molecule has 0 spiro atoms. The second-order valence-electron chi connectivity index (χ2n) is 14.6. The topological polar surface area (TPSA) is 13.0 Å². The van der Waals surface area contributed by atoms with Crippen molar-refractivity contribution in [2.45, 2.75) is 105 Å². The van der Waals surface area contributed by atoms with Crippen LogP contribution in [0.4, 0.5) is 34.1 Å². The van der Waals surface area contributed by atoms with Crippen molar-refractivity contribution in [3.63, 3.8) is 0 Å². The van der Waals surface area contributed by atoms with Crippen LogP contribution >= 0.6 is 0 Å². The largest absolute Gasteiger partial charge is 0.372 e. The molecule has 0 bridgehead atoms. The maximum absolute atomic E-state index is 2.58. The number of aryl methyl sites for hydroxylation is 2. The lowest BCUT2D eigenvalue weighted by molar-refractivity contribution is 0.678. The zero-order chi connectivity index (χ0) is 36.7. The van der Waals surface area contributed by atoms with E-state index >= 15 is 0 Å². The Balaban J connectivity index is 1.48. The first-order chi connectivity index (χ1) is 25.4. The fourth-order valence-electron chi connectivity index (χ4n) is 7.11. The van der Waals surface area contributed by atoms with E-state index in [0.29, 0.717) is 0 Å². The molecule has 1 aliphatic rings. The van der Waals surface area contributed by atoms with Crippen LogP contribution in [0.25, 0.3) is 0 Å². The second-order valence-corrected chi connectivity index (χ2v) is 14.6. The molecule has 0 N–H and O–H groups in total. The molecule has 0 heterocycles. The van der Waals surface area contributed by atoms with E-state index in [9.17, 15) is 0 Å². The summed E-state index contributed by atoms with van der Waals surface area (Å²) in [5.74, 6) is 0. The van der Waals surface area contributed by atoms with E-state index in [1.54, 1.807) is 0 Å². The Morgan fingerprint density at radius 1 is 0.346 bits per heavy atom. The Morgan fingerprint density at radius 2 is 0.577 bits per heavy atom. The van der Waals surface area contributed by atoms with Crippen molar-refractivity contribution >= 4 is 34.1 Å². The van der Waals surface area contributed by atoms with Gasteiger partial charge in [-0.05, 0) is 112 Å². The van der Waals surface area contributed by atoms with Gasteiger partial charge in [-0.25, -0.2) is 0 Å². The average molecular weight is 697 g/mol. The van der Waals surface area contributed by atoms with Gasteiger partial charge >= 0.3 is 0 Å². The van der Waals surface area contributed by atoms with Gasteiger partial charge in [-0.1, -0.05) is 113 Å². The predicted octanol–water partition coefficient (Wildman–Crippen LogP) is 13.0. The molecule has 4 heteroatoms. The summed E-state index contributed by atoms with van der Waals surface area (Å²) in [6.45, 7) is 17.9. The van der Waals surface area contributed by atoms with E-state index in [1.165, 1.54) is 96.6 Å². The summed E-state index contributed by atoms with van der Waals surface area (Å²) in [6, 6.07) is 36.7. The molecule has 0 amide bonds. The van der Waals surface area contributed by atoms with E-state index in [1.807, 2.05) is 0 Å². The predicted molar refractivity (Wildman–Crippen MR) is 229 cm³/mol. The van der Waals surface area contributed by atoms with Crippen molar-refractivity contribution in [1.29, 1.82) is 0 Å². The molecule has 0 unspecified atom stereocenters. The van der Waals surface area contributed by atoms with Crippen molar-refractivity contribution in [3.8, 4) is 0 Å². The summed E-state index contributed by atoms with van der Waals surface area (Å²) < 4.78 is 0. The van der Waals surface area contributed by atoms with Crippen molar-refractivity contribution in [2.24, 2.45) is 0 Å². The maximum Gasteiger partial charge on any atom is 0.0708 e. The van der Waals surface area contributed by atoms with Gasteiger partial charge in [-0.15, -0.1) is 0 Å². The van der Waals surface area contributed by atoms with Crippen molar-refractivity contribution in [3.05, 3.63) is 132 Å². The number of nitrogens with zero attached hydrogens (tertiary/aromatic N) is 4. The van der Waals surface area contributed by atoms with Gasteiger partial charge in [0.05, 0.1) is 12.1 Å². The van der Waals surface area contributed by atoms with Gasteiger partial charge in [0.2, 0.25) is 0 Å². The first kappa shape index (κ1) is 38.8. The molecule has 1 aliphatic carbocycles. The van der Waals surface area contributed by atoms with Crippen molar-refractivity contribution in [1.82, 2.24) is 0 Å². The minimum atomic E-state index is 0.0819. The monoisotopic (exact) mass is 697 g/mol. The average Bonchev–Trinajstić information content (AvgIpc) is 3.18. The van der Waals surface area contributed by atoms with E-state index in [4.69, 9.17) is 0 Å². The third kappa shape index (κ3) is 10.3. The number of hydrogen-bond acceptors (Lipinski definition) is 4. The van der Waals surface area contributed by atoms with Crippen LogP contribution in [-0.4, -0.2) is 38.3 Å². The molecule has 0 saturated heterocycles. The fourth-order valence-corrected chi connectivity index (χ4v) is 7.11. The highest BCUT2D eigenvalue weighted by molar-refractivity contribution is 5.71. The van der Waals surface area contributed by atoms with E-state index < -0.39 is 0 Å². The minimum absolute atomic E-state index is 0.0819. The third-order valence-corrected chi connectivity index (χ3v) is 10.3. The number of rotatable bonds is 20. The van der Waals surface area contributed by atoms with Crippen LogP contribution < -0.4 is 19.6 Å². The van der Waals surface area contributed by atoms with Gasteiger partial charge in [-0.3, -0.25) is 0 Å². The Kier molecular flexibility index (Phi) is 14.9. The number of benzene rings is 4. The molecule has 52 heavy (non-hydrogen) atoms. The van der Waals surface area contributed by atoms with E-state index in [2.05, 4.69) is 183 Å². The molecule has 0 aliphatic heterocycles. The van der Waals surface area contributed by atoms with Crippen molar-refractivity contribution in [2.75, 3.05) is 45.8 Å². The Morgan fingerprint density at radius 3 is 0.827 bits per heavy atom.